The number of ether oxygens (including phenoxy) is 1. The third-order valence-corrected chi connectivity index (χ3v) is 1.41. The smallest absolute Gasteiger partial charge is 0.0876 e. The molecular weight excluding hydrogens is 114 g/mol. The lowest BCUT2D eigenvalue weighted by molar-refractivity contribution is 0.223. The van der Waals surface area contributed by atoms with Crippen molar-refractivity contribution < 1.29 is 4.74 Å². The van der Waals surface area contributed by atoms with Crippen LogP contribution in [0.4, 0.5) is 0 Å². The maximum Gasteiger partial charge on any atom is 0.0876 e. The summed E-state index contributed by atoms with van der Waals surface area (Å²) < 4.78 is 5.13. The van der Waals surface area contributed by atoms with Gasteiger partial charge >= 0.3 is 0 Å². The standard InChI is InChI=1S/C7H13NO/c1-8-5-7-3-2-4-9-6-7/h6,8H,2-5H2,1H3. The normalized spacial score (nSPS) is 18.6. The van der Waals surface area contributed by atoms with Gasteiger partial charge < -0.3 is 10.1 Å². The molecule has 9 heavy (non-hydrogen) atoms. The highest BCUT2D eigenvalue weighted by atomic mass is 16.5. The molecule has 52 valence electrons. The molecule has 0 spiro atoms. The van der Waals surface area contributed by atoms with Crippen molar-refractivity contribution in [3.05, 3.63) is 11.8 Å². The van der Waals surface area contributed by atoms with Gasteiger partial charge in [0.2, 0.25) is 0 Å². The van der Waals surface area contributed by atoms with Crippen LogP contribution >= 0.6 is 0 Å². The van der Waals surface area contributed by atoms with Gasteiger partial charge in [-0.05, 0) is 25.5 Å². The molecule has 1 heterocycles. The topological polar surface area (TPSA) is 21.3 Å². The fourth-order valence-corrected chi connectivity index (χ4v) is 0.975. The highest BCUT2D eigenvalue weighted by Gasteiger charge is 2.01. The zero-order valence-corrected chi connectivity index (χ0v) is 5.81. The summed E-state index contributed by atoms with van der Waals surface area (Å²) in [5, 5.41) is 3.09. The number of rotatable bonds is 2. The van der Waals surface area contributed by atoms with Crippen LogP contribution in [0.1, 0.15) is 12.8 Å². The number of hydrogen-bond acceptors (Lipinski definition) is 2. The largest absolute Gasteiger partial charge is 0.501 e. The van der Waals surface area contributed by atoms with E-state index in [1.54, 1.807) is 0 Å². The summed E-state index contributed by atoms with van der Waals surface area (Å²) >= 11 is 0. The second kappa shape index (κ2) is 3.51. The highest BCUT2D eigenvalue weighted by Crippen LogP contribution is 2.09. The average Bonchev–Trinajstić information content (AvgIpc) is 1.91. The van der Waals surface area contributed by atoms with Crippen molar-refractivity contribution in [3.8, 4) is 0 Å². The van der Waals surface area contributed by atoms with Gasteiger partial charge in [-0.15, -0.1) is 0 Å². The minimum atomic E-state index is 0.896. The van der Waals surface area contributed by atoms with Gasteiger partial charge in [-0.3, -0.25) is 0 Å². The molecule has 0 aromatic rings. The number of nitrogens with one attached hydrogen (secondary N) is 1. The predicted octanol–water partition coefficient (Wildman–Crippen LogP) is 0.900. The fraction of sp³-hybridized carbons (Fsp3) is 0.714. The van der Waals surface area contributed by atoms with Crippen LogP contribution in [0.5, 0.6) is 0 Å². The van der Waals surface area contributed by atoms with E-state index in [1.165, 1.54) is 18.4 Å². The van der Waals surface area contributed by atoms with Gasteiger partial charge in [0.25, 0.3) is 0 Å². The van der Waals surface area contributed by atoms with E-state index in [0.717, 1.165) is 13.2 Å². The van der Waals surface area contributed by atoms with Gasteiger partial charge in [-0.2, -0.15) is 0 Å². The summed E-state index contributed by atoms with van der Waals surface area (Å²) in [5.74, 6) is 0. The fourth-order valence-electron chi connectivity index (χ4n) is 0.975. The molecule has 2 heteroatoms. The first-order valence-corrected chi connectivity index (χ1v) is 3.37. The van der Waals surface area contributed by atoms with Gasteiger partial charge in [-0.25, -0.2) is 0 Å². The summed E-state index contributed by atoms with van der Waals surface area (Å²) in [6, 6.07) is 0. The van der Waals surface area contributed by atoms with E-state index in [-0.39, 0.29) is 0 Å². The third-order valence-electron chi connectivity index (χ3n) is 1.41. The monoisotopic (exact) mass is 127 g/mol. The quantitative estimate of drug-likeness (QED) is 0.595. The molecule has 0 aromatic carbocycles. The van der Waals surface area contributed by atoms with Crippen LogP contribution in [0.2, 0.25) is 0 Å². The van der Waals surface area contributed by atoms with E-state index in [2.05, 4.69) is 5.32 Å². The first-order valence-electron chi connectivity index (χ1n) is 3.37. The molecule has 1 aliphatic rings. The molecule has 1 rings (SSSR count). The lowest BCUT2D eigenvalue weighted by Crippen LogP contribution is -2.13. The van der Waals surface area contributed by atoms with Crippen LogP contribution in [0, 0.1) is 0 Å². The lowest BCUT2D eigenvalue weighted by atomic mass is 10.1. The van der Waals surface area contributed by atoms with E-state index in [9.17, 15) is 0 Å². The van der Waals surface area contributed by atoms with E-state index in [0.29, 0.717) is 0 Å². The van der Waals surface area contributed by atoms with Gasteiger partial charge in [0.05, 0.1) is 12.9 Å². The molecule has 1 N–H and O–H groups in total. The third kappa shape index (κ3) is 2.06. The average molecular weight is 127 g/mol. The summed E-state index contributed by atoms with van der Waals surface area (Å²) in [7, 11) is 1.95. The first kappa shape index (κ1) is 6.62. The van der Waals surface area contributed by atoms with E-state index in [4.69, 9.17) is 4.74 Å². The summed E-state index contributed by atoms with van der Waals surface area (Å²) in [5.41, 5.74) is 1.38. The Morgan fingerprint density at radius 1 is 1.78 bits per heavy atom. The molecule has 1 aliphatic heterocycles. The second-order valence-corrected chi connectivity index (χ2v) is 2.28. The molecular formula is C7H13NO. The Morgan fingerprint density at radius 3 is 3.22 bits per heavy atom. The maximum absolute atomic E-state index is 5.13. The van der Waals surface area contributed by atoms with E-state index < -0.39 is 0 Å². The molecule has 0 atom stereocenters. The van der Waals surface area contributed by atoms with E-state index >= 15 is 0 Å². The molecule has 0 aromatic heterocycles. The summed E-state index contributed by atoms with van der Waals surface area (Å²) in [6.45, 7) is 1.87. The zero-order valence-electron chi connectivity index (χ0n) is 5.81. The maximum atomic E-state index is 5.13. The van der Waals surface area contributed by atoms with Gasteiger partial charge in [0.1, 0.15) is 0 Å². The minimum Gasteiger partial charge on any atom is -0.501 e. The zero-order chi connectivity index (χ0) is 6.53. The van der Waals surface area contributed by atoms with Gasteiger partial charge in [0, 0.05) is 6.54 Å². The molecule has 0 fully saturated rings. The van der Waals surface area contributed by atoms with Crippen molar-refractivity contribution >= 4 is 0 Å². The Balaban J connectivity index is 2.28. The van der Waals surface area contributed by atoms with Crippen LogP contribution < -0.4 is 5.32 Å². The SMILES string of the molecule is CNCC1=COCCC1. The Morgan fingerprint density at radius 2 is 2.67 bits per heavy atom. The van der Waals surface area contributed by atoms with Crippen LogP contribution in [-0.4, -0.2) is 20.2 Å². The number of hydrogen-bond donors (Lipinski definition) is 1. The summed E-state index contributed by atoms with van der Waals surface area (Å²) in [4.78, 5) is 0. The second-order valence-electron chi connectivity index (χ2n) is 2.28. The number of likely N-dealkylation sites (N-methyl/N-ethyl adjacent to an activating group) is 1. The molecule has 0 radical (unpaired) electrons. The Kier molecular flexibility index (Phi) is 2.58. The van der Waals surface area contributed by atoms with Crippen LogP contribution in [-0.2, 0) is 4.74 Å². The molecule has 0 amide bonds. The minimum absolute atomic E-state index is 0.896. The van der Waals surface area contributed by atoms with Crippen LogP contribution in [0.15, 0.2) is 11.8 Å². The van der Waals surface area contributed by atoms with Gasteiger partial charge in [-0.1, -0.05) is 0 Å². The molecule has 0 unspecified atom stereocenters. The van der Waals surface area contributed by atoms with Crippen molar-refractivity contribution in [1.82, 2.24) is 5.32 Å². The van der Waals surface area contributed by atoms with Crippen molar-refractivity contribution in [1.29, 1.82) is 0 Å². The van der Waals surface area contributed by atoms with E-state index in [1.807, 2.05) is 13.3 Å². The van der Waals surface area contributed by atoms with Crippen molar-refractivity contribution in [2.24, 2.45) is 0 Å². The Bertz CT molecular complexity index is 109. The molecule has 0 saturated heterocycles. The molecule has 0 aliphatic carbocycles. The molecule has 2 nitrogen and oxygen atoms in total. The van der Waals surface area contributed by atoms with Crippen molar-refractivity contribution in [2.45, 2.75) is 12.8 Å². The molecule has 0 bridgehead atoms. The first-order chi connectivity index (χ1) is 4.43. The predicted molar refractivity (Wildman–Crippen MR) is 37.2 cm³/mol. The van der Waals surface area contributed by atoms with Crippen molar-refractivity contribution in [3.63, 3.8) is 0 Å². The van der Waals surface area contributed by atoms with Crippen LogP contribution in [0.3, 0.4) is 0 Å². The van der Waals surface area contributed by atoms with Gasteiger partial charge in [0.15, 0.2) is 0 Å². The van der Waals surface area contributed by atoms with Crippen LogP contribution in [0.25, 0.3) is 0 Å². The summed E-state index contributed by atoms with van der Waals surface area (Å²) in [6.07, 6.45) is 4.24. The Hall–Kier alpha value is -0.500. The highest BCUT2D eigenvalue weighted by molar-refractivity contribution is 5.01. The molecule has 0 saturated carbocycles. The lowest BCUT2D eigenvalue weighted by Gasteiger charge is -2.12. The van der Waals surface area contributed by atoms with Crippen molar-refractivity contribution in [2.75, 3.05) is 20.2 Å². The Labute approximate surface area is 55.9 Å².